The van der Waals surface area contributed by atoms with Gasteiger partial charge in [0.25, 0.3) is 0 Å². The Balaban J connectivity index is 2.20. The van der Waals surface area contributed by atoms with Crippen molar-refractivity contribution >= 4 is 5.97 Å². The van der Waals surface area contributed by atoms with Gasteiger partial charge in [0.15, 0.2) is 12.4 Å². The van der Waals surface area contributed by atoms with Gasteiger partial charge < -0.3 is 4.74 Å². The van der Waals surface area contributed by atoms with Gasteiger partial charge in [0, 0.05) is 12.1 Å². The van der Waals surface area contributed by atoms with Crippen LogP contribution in [-0.4, -0.2) is 12.1 Å². The highest BCUT2D eigenvalue weighted by Gasteiger charge is 2.16. The third kappa shape index (κ3) is 22.0. The van der Waals surface area contributed by atoms with Crippen LogP contribution in [-0.2, 0) is 11.8 Å². The van der Waals surface area contributed by atoms with Crippen molar-refractivity contribution in [3.63, 3.8) is 0 Å². The van der Waals surface area contributed by atoms with Gasteiger partial charge in [-0.1, -0.05) is 155 Å². The van der Waals surface area contributed by atoms with Gasteiger partial charge in [-0.05, 0) is 25.7 Å². The second kappa shape index (κ2) is 26.8. The molecule has 0 radical (unpaired) electrons. The minimum atomic E-state index is -0.154. The Hall–Kier alpha value is -1.38. The number of esters is 1. The Morgan fingerprint density at radius 2 is 0.872 bits per heavy atom. The smallest absolute Gasteiger partial charge is 0.338 e. The molecule has 0 saturated heterocycles. The molecule has 0 aliphatic heterocycles. The Morgan fingerprint density at radius 3 is 1.21 bits per heavy atom. The fraction of sp³-hybridized carbons (Fsp3) is 0.833. The molecule has 1 aromatic rings. The fourth-order valence-corrected chi connectivity index (χ4v) is 5.54. The predicted octanol–water partition coefficient (Wildman–Crippen LogP) is 11.2. The molecular weight excluding hydrogens is 478 g/mol. The van der Waals surface area contributed by atoms with Gasteiger partial charge in [-0.25, -0.2) is 9.36 Å². The van der Waals surface area contributed by atoms with E-state index < -0.39 is 0 Å². The second-order valence-electron chi connectivity index (χ2n) is 12.1. The molecule has 0 spiro atoms. The first-order valence-corrected chi connectivity index (χ1v) is 17.3. The lowest BCUT2D eigenvalue weighted by molar-refractivity contribution is -0.671. The molecule has 3 nitrogen and oxygen atoms in total. The number of nitrogens with zero attached hydrogens (tertiary/aromatic N) is 1. The summed E-state index contributed by atoms with van der Waals surface area (Å²) in [5.74, 6) is -0.154. The zero-order valence-electron chi connectivity index (χ0n) is 26.5. The average molecular weight is 545 g/mol. The van der Waals surface area contributed by atoms with Gasteiger partial charge >= 0.3 is 5.97 Å². The van der Waals surface area contributed by atoms with E-state index in [1.165, 1.54) is 154 Å². The molecule has 0 fully saturated rings. The minimum absolute atomic E-state index is 0.0673. The molecule has 0 amide bonds. The Kier molecular flexibility index (Phi) is 24.5. The van der Waals surface area contributed by atoms with Crippen molar-refractivity contribution in [2.45, 2.75) is 187 Å². The molecule has 3 heteroatoms. The SMILES string of the molecule is CCCCCCCCCCCCCCC(CCCCCCCCCCCCCC)OC(=O)c1cc[n+](C)cc1. The highest BCUT2D eigenvalue weighted by molar-refractivity contribution is 5.89. The Morgan fingerprint density at radius 1 is 0.564 bits per heavy atom. The summed E-state index contributed by atoms with van der Waals surface area (Å²) in [6.07, 6.45) is 38.6. The number of hydrogen-bond donors (Lipinski definition) is 0. The number of carbonyl (C=O) groups is 1. The van der Waals surface area contributed by atoms with E-state index in [4.69, 9.17) is 4.74 Å². The van der Waals surface area contributed by atoms with Crippen LogP contribution in [0.15, 0.2) is 24.5 Å². The summed E-state index contributed by atoms with van der Waals surface area (Å²) in [5, 5.41) is 0. The van der Waals surface area contributed by atoms with E-state index in [2.05, 4.69) is 13.8 Å². The molecule has 0 aromatic carbocycles. The maximum absolute atomic E-state index is 12.8. The lowest BCUT2D eigenvalue weighted by atomic mass is 10.0. The first kappa shape index (κ1) is 35.6. The van der Waals surface area contributed by atoms with Crippen molar-refractivity contribution in [2.75, 3.05) is 0 Å². The summed E-state index contributed by atoms with van der Waals surface area (Å²) in [6.45, 7) is 4.57. The maximum atomic E-state index is 12.8. The predicted molar refractivity (Wildman–Crippen MR) is 168 cm³/mol. The molecule has 1 rings (SSSR count). The maximum Gasteiger partial charge on any atom is 0.338 e. The molecule has 1 heterocycles. The van der Waals surface area contributed by atoms with Gasteiger partial charge in [-0.2, -0.15) is 0 Å². The van der Waals surface area contributed by atoms with Gasteiger partial charge in [-0.3, -0.25) is 0 Å². The van der Waals surface area contributed by atoms with Crippen molar-refractivity contribution in [3.05, 3.63) is 30.1 Å². The monoisotopic (exact) mass is 545 g/mol. The first-order chi connectivity index (χ1) is 19.2. The molecule has 0 N–H and O–H groups in total. The third-order valence-corrected chi connectivity index (χ3v) is 8.25. The molecule has 0 saturated carbocycles. The van der Waals surface area contributed by atoms with E-state index in [0.29, 0.717) is 5.56 Å². The quantitative estimate of drug-likeness (QED) is 0.0596. The van der Waals surface area contributed by atoms with Gasteiger partial charge in [0.05, 0.1) is 5.56 Å². The summed E-state index contributed by atoms with van der Waals surface area (Å²) in [5.41, 5.74) is 0.669. The number of pyridine rings is 1. The summed E-state index contributed by atoms with van der Waals surface area (Å²) < 4.78 is 7.98. The molecule has 0 aliphatic carbocycles. The van der Waals surface area contributed by atoms with E-state index in [0.717, 1.165) is 12.8 Å². The highest BCUT2D eigenvalue weighted by Crippen LogP contribution is 2.19. The Bertz CT molecular complexity index is 629. The summed E-state index contributed by atoms with van der Waals surface area (Å²) >= 11 is 0. The minimum Gasteiger partial charge on any atom is -0.459 e. The molecule has 226 valence electrons. The van der Waals surface area contributed by atoms with E-state index in [9.17, 15) is 4.79 Å². The zero-order valence-corrected chi connectivity index (χ0v) is 26.5. The molecule has 0 aliphatic rings. The van der Waals surface area contributed by atoms with E-state index in [1.54, 1.807) is 0 Å². The van der Waals surface area contributed by atoms with Crippen molar-refractivity contribution in [2.24, 2.45) is 7.05 Å². The molecule has 39 heavy (non-hydrogen) atoms. The third-order valence-electron chi connectivity index (χ3n) is 8.25. The van der Waals surface area contributed by atoms with Crippen molar-refractivity contribution < 1.29 is 14.1 Å². The van der Waals surface area contributed by atoms with E-state index >= 15 is 0 Å². The summed E-state index contributed by atoms with van der Waals surface area (Å²) in [4.78, 5) is 12.8. The average Bonchev–Trinajstić information content (AvgIpc) is 2.94. The van der Waals surface area contributed by atoms with Crippen molar-refractivity contribution in [1.82, 2.24) is 0 Å². The van der Waals surface area contributed by atoms with Crippen LogP contribution in [0.5, 0.6) is 0 Å². The molecule has 1 aromatic heterocycles. The van der Waals surface area contributed by atoms with Crippen LogP contribution in [0.4, 0.5) is 0 Å². The molecular formula is C36H66NO2+. The van der Waals surface area contributed by atoms with Gasteiger partial charge in [0.2, 0.25) is 0 Å². The molecule has 0 unspecified atom stereocenters. The number of hydrogen-bond acceptors (Lipinski definition) is 2. The lowest BCUT2D eigenvalue weighted by Crippen LogP contribution is -2.27. The lowest BCUT2D eigenvalue weighted by Gasteiger charge is -2.18. The largest absolute Gasteiger partial charge is 0.459 e. The van der Waals surface area contributed by atoms with Gasteiger partial charge in [0.1, 0.15) is 13.2 Å². The zero-order chi connectivity index (χ0) is 28.2. The topological polar surface area (TPSA) is 30.2 Å². The normalized spacial score (nSPS) is 11.4. The number of carbonyl (C=O) groups excluding carboxylic acids is 1. The summed E-state index contributed by atoms with van der Waals surface area (Å²) in [6, 6.07) is 3.74. The van der Waals surface area contributed by atoms with Crippen LogP contribution >= 0.6 is 0 Å². The standard InChI is InChI=1S/C36H66NO2/c1-4-6-8-10-12-14-16-18-20-22-24-26-28-35(39-36(38)34-30-32-37(3)33-31-34)29-27-25-23-21-19-17-15-13-11-9-7-5-2/h30-33,35H,4-29H2,1-3H3/q+1. The Labute approximate surface area is 243 Å². The van der Waals surface area contributed by atoms with Crippen LogP contribution in [0.1, 0.15) is 191 Å². The number of rotatable bonds is 28. The van der Waals surface area contributed by atoms with Crippen molar-refractivity contribution in [3.8, 4) is 0 Å². The van der Waals surface area contributed by atoms with Crippen LogP contribution < -0.4 is 4.57 Å². The number of aryl methyl sites for hydroxylation is 1. The molecule has 0 bridgehead atoms. The second-order valence-corrected chi connectivity index (χ2v) is 12.1. The number of aromatic nitrogens is 1. The number of unbranched alkanes of at least 4 members (excludes halogenated alkanes) is 22. The fourth-order valence-electron chi connectivity index (χ4n) is 5.54. The van der Waals surface area contributed by atoms with Gasteiger partial charge in [-0.15, -0.1) is 0 Å². The highest BCUT2D eigenvalue weighted by atomic mass is 16.5. The van der Waals surface area contributed by atoms with Crippen LogP contribution in [0, 0.1) is 0 Å². The van der Waals surface area contributed by atoms with E-state index in [-0.39, 0.29) is 12.1 Å². The molecule has 0 atom stereocenters. The van der Waals surface area contributed by atoms with Crippen LogP contribution in [0.3, 0.4) is 0 Å². The number of ether oxygens (including phenoxy) is 1. The van der Waals surface area contributed by atoms with E-state index in [1.807, 2.05) is 36.1 Å². The first-order valence-electron chi connectivity index (χ1n) is 17.3. The van der Waals surface area contributed by atoms with Crippen molar-refractivity contribution in [1.29, 1.82) is 0 Å². The summed E-state index contributed by atoms with van der Waals surface area (Å²) in [7, 11) is 1.97. The van der Waals surface area contributed by atoms with Crippen LogP contribution in [0.2, 0.25) is 0 Å². The van der Waals surface area contributed by atoms with Crippen LogP contribution in [0.25, 0.3) is 0 Å².